The number of ether oxygens (including phenoxy) is 2. The van der Waals surface area contributed by atoms with Gasteiger partial charge in [0.2, 0.25) is 0 Å². The molecule has 14 heavy (non-hydrogen) atoms. The Bertz CT molecular complexity index is 350. The van der Waals surface area contributed by atoms with E-state index in [1.165, 1.54) is 0 Å². The summed E-state index contributed by atoms with van der Waals surface area (Å²) < 4.78 is 10.1. The van der Waals surface area contributed by atoms with Crippen LogP contribution in [0, 0.1) is 0 Å². The second-order valence-electron chi connectivity index (χ2n) is 2.58. The average molecular weight is 195 g/mol. The molecule has 0 fully saturated rings. The van der Waals surface area contributed by atoms with Gasteiger partial charge < -0.3 is 21.1 Å². The van der Waals surface area contributed by atoms with Crippen LogP contribution in [0.4, 0.5) is 0 Å². The Morgan fingerprint density at radius 1 is 1.29 bits per heavy atom. The van der Waals surface area contributed by atoms with Gasteiger partial charge in [-0.15, -0.1) is 0 Å². The highest BCUT2D eigenvalue weighted by Crippen LogP contribution is 2.23. The standard InChI is InChI=1S/C9H13N3O2/c1-13-6-3-4-7(9(10)12-11)8(5-6)14-2/h3-5H,11H2,1-2H3,(H2,10,12). The minimum absolute atomic E-state index is 0.226. The Balaban J connectivity index is 3.18. The van der Waals surface area contributed by atoms with Gasteiger partial charge in [-0.2, -0.15) is 5.10 Å². The molecule has 0 unspecified atom stereocenters. The van der Waals surface area contributed by atoms with Crippen molar-refractivity contribution in [1.82, 2.24) is 0 Å². The summed E-state index contributed by atoms with van der Waals surface area (Å²) in [6, 6.07) is 5.21. The molecule has 1 aromatic carbocycles. The van der Waals surface area contributed by atoms with Crippen LogP contribution in [0.2, 0.25) is 0 Å². The summed E-state index contributed by atoms with van der Waals surface area (Å²) in [4.78, 5) is 0. The van der Waals surface area contributed by atoms with Crippen molar-refractivity contribution in [3.8, 4) is 11.5 Å². The molecule has 4 N–H and O–H groups in total. The van der Waals surface area contributed by atoms with E-state index in [1.54, 1.807) is 32.4 Å². The molecular formula is C9H13N3O2. The molecule has 0 amide bonds. The predicted octanol–water partition coefficient (Wildman–Crippen LogP) is 0.283. The number of amidine groups is 1. The van der Waals surface area contributed by atoms with Gasteiger partial charge in [0.25, 0.3) is 0 Å². The van der Waals surface area contributed by atoms with Gasteiger partial charge in [0.15, 0.2) is 5.84 Å². The number of benzene rings is 1. The van der Waals surface area contributed by atoms with Crippen molar-refractivity contribution in [2.24, 2.45) is 16.7 Å². The Hall–Kier alpha value is -1.91. The van der Waals surface area contributed by atoms with E-state index in [2.05, 4.69) is 5.10 Å². The number of hydrogen-bond acceptors (Lipinski definition) is 4. The van der Waals surface area contributed by atoms with Crippen molar-refractivity contribution in [2.45, 2.75) is 0 Å². The zero-order valence-corrected chi connectivity index (χ0v) is 8.15. The van der Waals surface area contributed by atoms with E-state index in [-0.39, 0.29) is 5.84 Å². The molecule has 5 nitrogen and oxygen atoms in total. The van der Waals surface area contributed by atoms with E-state index < -0.39 is 0 Å². The summed E-state index contributed by atoms with van der Waals surface area (Å²) in [5.41, 5.74) is 6.22. The molecule has 1 rings (SSSR count). The van der Waals surface area contributed by atoms with Crippen LogP contribution in [-0.2, 0) is 0 Å². The number of nitrogens with two attached hydrogens (primary N) is 2. The molecular weight excluding hydrogens is 182 g/mol. The molecule has 0 bridgehead atoms. The molecule has 5 heteroatoms. The maximum atomic E-state index is 5.57. The van der Waals surface area contributed by atoms with Crippen LogP contribution in [0.25, 0.3) is 0 Å². The molecule has 76 valence electrons. The molecule has 0 saturated carbocycles. The van der Waals surface area contributed by atoms with Gasteiger partial charge in [-0.3, -0.25) is 0 Å². The summed E-state index contributed by atoms with van der Waals surface area (Å²) in [6.45, 7) is 0. The summed E-state index contributed by atoms with van der Waals surface area (Å²) in [5.74, 6) is 6.57. The number of hydrazone groups is 1. The first kappa shape index (κ1) is 10.2. The topological polar surface area (TPSA) is 82.9 Å². The molecule has 0 heterocycles. The third kappa shape index (κ3) is 1.87. The smallest absolute Gasteiger partial charge is 0.154 e. The van der Waals surface area contributed by atoms with Gasteiger partial charge in [0.1, 0.15) is 11.5 Å². The van der Waals surface area contributed by atoms with Crippen molar-refractivity contribution in [3.63, 3.8) is 0 Å². The second-order valence-corrected chi connectivity index (χ2v) is 2.58. The lowest BCUT2D eigenvalue weighted by atomic mass is 10.2. The average Bonchev–Trinajstić information content (AvgIpc) is 2.27. The monoisotopic (exact) mass is 195 g/mol. The summed E-state index contributed by atoms with van der Waals surface area (Å²) in [5, 5.41) is 3.40. The predicted molar refractivity (Wildman–Crippen MR) is 54.5 cm³/mol. The zero-order valence-electron chi connectivity index (χ0n) is 8.15. The van der Waals surface area contributed by atoms with Gasteiger partial charge in [-0.1, -0.05) is 0 Å². The molecule has 0 aliphatic rings. The van der Waals surface area contributed by atoms with Crippen LogP contribution in [0.3, 0.4) is 0 Å². The summed E-state index contributed by atoms with van der Waals surface area (Å²) in [7, 11) is 3.12. The molecule has 0 spiro atoms. The lowest BCUT2D eigenvalue weighted by Crippen LogP contribution is -2.16. The van der Waals surface area contributed by atoms with E-state index in [4.69, 9.17) is 21.1 Å². The highest BCUT2D eigenvalue weighted by atomic mass is 16.5. The molecule has 0 atom stereocenters. The Morgan fingerprint density at radius 3 is 2.50 bits per heavy atom. The Morgan fingerprint density at radius 2 is 2.00 bits per heavy atom. The molecule has 0 aliphatic heterocycles. The largest absolute Gasteiger partial charge is 0.497 e. The van der Waals surface area contributed by atoms with E-state index in [0.29, 0.717) is 17.1 Å². The second kappa shape index (κ2) is 4.36. The summed E-state index contributed by atoms with van der Waals surface area (Å²) in [6.07, 6.45) is 0. The first-order valence-corrected chi connectivity index (χ1v) is 3.98. The van der Waals surface area contributed by atoms with Crippen LogP contribution < -0.4 is 21.1 Å². The SMILES string of the molecule is COc1ccc(C(N)=NN)c(OC)c1. The fourth-order valence-electron chi connectivity index (χ4n) is 1.08. The van der Waals surface area contributed by atoms with Gasteiger partial charge in [0.05, 0.1) is 19.8 Å². The minimum atomic E-state index is 0.226. The fraction of sp³-hybridized carbons (Fsp3) is 0.222. The lowest BCUT2D eigenvalue weighted by Gasteiger charge is -2.08. The third-order valence-electron chi connectivity index (χ3n) is 1.82. The van der Waals surface area contributed by atoms with Crippen molar-refractivity contribution in [3.05, 3.63) is 23.8 Å². The molecule has 0 radical (unpaired) electrons. The quantitative estimate of drug-likeness (QED) is 0.314. The maximum absolute atomic E-state index is 5.57. The highest BCUT2D eigenvalue weighted by molar-refractivity contribution is 5.99. The van der Waals surface area contributed by atoms with E-state index in [0.717, 1.165) is 0 Å². The van der Waals surface area contributed by atoms with Gasteiger partial charge in [-0.25, -0.2) is 0 Å². The van der Waals surface area contributed by atoms with E-state index in [1.807, 2.05) is 0 Å². The maximum Gasteiger partial charge on any atom is 0.154 e. The summed E-state index contributed by atoms with van der Waals surface area (Å²) >= 11 is 0. The molecule has 1 aromatic rings. The first-order chi connectivity index (χ1) is 6.72. The Kier molecular flexibility index (Phi) is 3.17. The van der Waals surface area contributed by atoms with Crippen LogP contribution in [-0.4, -0.2) is 20.1 Å². The number of nitrogens with zero attached hydrogens (tertiary/aromatic N) is 1. The zero-order chi connectivity index (χ0) is 10.6. The lowest BCUT2D eigenvalue weighted by molar-refractivity contribution is 0.394. The van der Waals surface area contributed by atoms with Crippen LogP contribution in [0.5, 0.6) is 11.5 Å². The van der Waals surface area contributed by atoms with Gasteiger partial charge in [0, 0.05) is 6.07 Å². The first-order valence-electron chi connectivity index (χ1n) is 3.98. The minimum Gasteiger partial charge on any atom is -0.497 e. The number of rotatable bonds is 3. The van der Waals surface area contributed by atoms with Gasteiger partial charge >= 0.3 is 0 Å². The van der Waals surface area contributed by atoms with Crippen LogP contribution in [0.1, 0.15) is 5.56 Å². The van der Waals surface area contributed by atoms with Crippen LogP contribution in [0.15, 0.2) is 23.3 Å². The van der Waals surface area contributed by atoms with Crippen molar-refractivity contribution in [2.75, 3.05) is 14.2 Å². The normalized spacial score (nSPS) is 11.1. The number of methoxy groups -OCH3 is 2. The number of hydrogen-bond donors (Lipinski definition) is 2. The van der Waals surface area contributed by atoms with Crippen molar-refractivity contribution < 1.29 is 9.47 Å². The van der Waals surface area contributed by atoms with Crippen LogP contribution >= 0.6 is 0 Å². The van der Waals surface area contributed by atoms with Crippen molar-refractivity contribution in [1.29, 1.82) is 0 Å². The molecule has 0 aliphatic carbocycles. The van der Waals surface area contributed by atoms with E-state index >= 15 is 0 Å². The highest BCUT2D eigenvalue weighted by Gasteiger charge is 2.07. The molecule has 0 aromatic heterocycles. The molecule has 0 saturated heterocycles. The fourth-order valence-corrected chi connectivity index (χ4v) is 1.08. The van der Waals surface area contributed by atoms with Crippen molar-refractivity contribution >= 4 is 5.84 Å². The van der Waals surface area contributed by atoms with Gasteiger partial charge in [-0.05, 0) is 12.1 Å². The van der Waals surface area contributed by atoms with E-state index in [9.17, 15) is 0 Å². The third-order valence-corrected chi connectivity index (χ3v) is 1.82. The Labute approximate surface area is 82.3 Å².